The number of fused-ring (bicyclic) bond motifs is 1. The number of nitriles is 1. The molecule has 180 valence electrons. The second kappa shape index (κ2) is 9.72. The van der Waals surface area contributed by atoms with E-state index in [0.717, 1.165) is 23.2 Å². The van der Waals surface area contributed by atoms with Crippen LogP contribution >= 0.6 is 0 Å². The number of carbonyl (C=O) groups excluding carboxylic acids is 1. The summed E-state index contributed by atoms with van der Waals surface area (Å²) < 4.78 is 17.5. The van der Waals surface area contributed by atoms with Crippen molar-refractivity contribution in [2.45, 2.75) is 33.3 Å². The Morgan fingerprint density at radius 2 is 2.00 bits per heavy atom. The lowest BCUT2D eigenvalue weighted by Crippen LogP contribution is -2.43. The number of aromatic nitrogens is 2. The average Bonchev–Trinajstić information content (AvgIpc) is 3.46. The second-order valence-corrected chi connectivity index (χ2v) is 9.40. The monoisotopic (exact) mass is 473 g/mol. The number of allylic oxidation sites excluding steroid dienone is 1. The number of rotatable bonds is 8. The largest absolute Gasteiger partial charge is 0.490 e. The van der Waals surface area contributed by atoms with Gasteiger partial charge in [-0.1, -0.05) is 23.4 Å². The molecule has 1 aliphatic carbocycles. The topological polar surface area (TPSA) is 98.2 Å². The van der Waals surface area contributed by atoms with Crippen LogP contribution in [0, 0.1) is 11.3 Å². The van der Waals surface area contributed by atoms with Crippen LogP contribution < -0.4 is 4.74 Å². The molecule has 0 amide bonds. The first kappa shape index (κ1) is 24.2. The van der Waals surface area contributed by atoms with E-state index >= 15 is 0 Å². The molecule has 0 saturated heterocycles. The summed E-state index contributed by atoms with van der Waals surface area (Å²) in [5.74, 6) is 1.55. The molecule has 0 atom stereocenters. The van der Waals surface area contributed by atoms with Crippen molar-refractivity contribution < 1.29 is 23.3 Å². The summed E-state index contributed by atoms with van der Waals surface area (Å²) in [5, 5.41) is 13.7. The number of quaternary nitrogens is 1. The van der Waals surface area contributed by atoms with E-state index < -0.39 is 0 Å². The Labute approximate surface area is 205 Å². The Morgan fingerprint density at radius 1 is 1.23 bits per heavy atom. The summed E-state index contributed by atoms with van der Waals surface area (Å²) >= 11 is 0. The van der Waals surface area contributed by atoms with Crippen LogP contribution in [0.4, 0.5) is 0 Å². The number of carbonyl (C=O) groups is 1. The maximum absolute atomic E-state index is 12.5. The third-order valence-electron chi connectivity index (χ3n) is 5.95. The van der Waals surface area contributed by atoms with E-state index in [1.165, 1.54) is 0 Å². The van der Waals surface area contributed by atoms with Crippen molar-refractivity contribution in [3.63, 3.8) is 0 Å². The van der Waals surface area contributed by atoms with Crippen LogP contribution in [0.3, 0.4) is 0 Å². The fourth-order valence-corrected chi connectivity index (χ4v) is 3.82. The standard InChI is InChI=1S/C27H29N4O4/c1-6-31(4,5)16-25(32)34-24-13-11-20-21(24)8-7-9-22(20)26-29-27(35-30-26)18-10-12-23(33-17(2)3)19(14-18)15-28/h7-10,12-14,17H,6,11,16H2,1-5H3/q+1. The molecular weight excluding hydrogens is 444 g/mol. The molecule has 8 heteroatoms. The third-order valence-corrected chi connectivity index (χ3v) is 5.95. The average molecular weight is 474 g/mol. The normalized spacial score (nSPS) is 12.8. The summed E-state index contributed by atoms with van der Waals surface area (Å²) in [7, 11) is 3.99. The van der Waals surface area contributed by atoms with Crippen LogP contribution in [0.1, 0.15) is 37.5 Å². The quantitative estimate of drug-likeness (QED) is 0.348. The Morgan fingerprint density at radius 3 is 2.71 bits per heavy atom. The Kier molecular flexibility index (Phi) is 6.72. The van der Waals surface area contributed by atoms with E-state index in [-0.39, 0.29) is 12.1 Å². The molecule has 2 aromatic carbocycles. The Balaban J connectivity index is 1.57. The summed E-state index contributed by atoms with van der Waals surface area (Å²) in [5.41, 5.74) is 3.67. The van der Waals surface area contributed by atoms with Crippen molar-refractivity contribution in [3.05, 3.63) is 59.2 Å². The van der Waals surface area contributed by atoms with Gasteiger partial charge in [0.1, 0.15) is 17.6 Å². The van der Waals surface area contributed by atoms with Gasteiger partial charge >= 0.3 is 5.97 Å². The first-order valence-electron chi connectivity index (χ1n) is 11.6. The molecule has 1 aliphatic rings. The fraction of sp³-hybridized carbons (Fsp3) is 0.333. The van der Waals surface area contributed by atoms with Crippen LogP contribution in [0.5, 0.6) is 5.75 Å². The summed E-state index contributed by atoms with van der Waals surface area (Å²) in [6.45, 7) is 6.98. The van der Waals surface area contributed by atoms with Crippen LogP contribution in [0.2, 0.25) is 0 Å². The van der Waals surface area contributed by atoms with Gasteiger partial charge in [0, 0.05) is 16.7 Å². The molecule has 1 aromatic heterocycles. The van der Waals surface area contributed by atoms with E-state index in [0.29, 0.717) is 51.8 Å². The Hall–Kier alpha value is -3.96. The van der Waals surface area contributed by atoms with Gasteiger partial charge in [0.25, 0.3) is 5.89 Å². The van der Waals surface area contributed by atoms with Crippen molar-refractivity contribution in [1.82, 2.24) is 10.1 Å². The molecular formula is C27H29N4O4+. The SMILES string of the molecule is CC[N+](C)(C)CC(=O)OC1=CCc2c1cccc2-c1noc(-c2ccc(OC(C)C)c(C#N)c2)n1. The predicted molar refractivity (Wildman–Crippen MR) is 131 cm³/mol. The molecule has 0 N–H and O–H groups in total. The first-order chi connectivity index (χ1) is 16.7. The van der Waals surface area contributed by atoms with E-state index in [1.54, 1.807) is 18.2 Å². The van der Waals surface area contributed by atoms with Crippen molar-refractivity contribution in [1.29, 1.82) is 5.26 Å². The smallest absolute Gasteiger partial charge is 0.367 e. The Bertz CT molecular complexity index is 1330. The number of nitrogens with zero attached hydrogens (tertiary/aromatic N) is 4. The van der Waals surface area contributed by atoms with Gasteiger partial charge in [-0.25, -0.2) is 4.79 Å². The molecule has 3 aromatic rings. The van der Waals surface area contributed by atoms with Gasteiger partial charge < -0.3 is 18.5 Å². The maximum atomic E-state index is 12.5. The summed E-state index contributed by atoms with van der Waals surface area (Å²) in [6.07, 6.45) is 2.47. The van der Waals surface area contributed by atoms with Gasteiger partial charge in [0.05, 0.1) is 32.3 Å². The molecule has 35 heavy (non-hydrogen) atoms. The van der Waals surface area contributed by atoms with Gasteiger partial charge in [0.2, 0.25) is 5.82 Å². The fourth-order valence-electron chi connectivity index (χ4n) is 3.82. The summed E-state index contributed by atoms with van der Waals surface area (Å²) in [4.78, 5) is 17.1. The van der Waals surface area contributed by atoms with Crippen molar-refractivity contribution >= 4 is 11.7 Å². The van der Waals surface area contributed by atoms with Crippen LogP contribution in [0.25, 0.3) is 28.6 Å². The van der Waals surface area contributed by atoms with E-state index in [4.69, 9.17) is 14.0 Å². The van der Waals surface area contributed by atoms with Gasteiger partial charge in [-0.15, -0.1) is 0 Å². The number of ether oxygens (including phenoxy) is 2. The van der Waals surface area contributed by atoms with Gasteiger partial charge in [-0.3, -0.25) is 0 Å². The number of esters is 1. The first-order valence-corrected chi connectivity index (χ1v) is 11.6. The van der Waals surface area contributed by atoms with Gasteiger partial charge in [0.15, 0.2) is 6.54 Å². The van der Waals surface area contributed by atoms with Crippen molar-refractivity contribution in [2.24, 2.45) is 0 Å². The molecule has 0 aliphatic heterocycles. The zero-order valence-electron chi connectivity index (χ0n) is 20.7. The van der Waals surface area contributed by atoms with Crippen LogP contribution in [-0.2, 0) is 16.0 Å². The molecule has 0 unspecified atom stereocenters. The lowest BCUT2D eigenvalue weighted by atomic mass is 10.0. The maximum Gasteiger partial charge on any atom is 0.367 e. The summed E-state index contributed by atoms with van der Waals surface area (Å²) in [6, 6.07) is 13.1. The number of hydrogen-bond donors (Lipinski definition) is 0. The van der Waals surface area contributed by atoms with Crippen molar-refractivity contribution in [3.8, 4) is 34.7 Å². The number of likely N-dealkylation sites (N-methyl/N-ethyl adjacent to an activating group) is 1. The predicted octanol–water partition coefficient (Wildman–Crippen LogP) is 4.60. The lowest BCUT2D eigenvalue weighted by Gasteiger charge is -2.26. The molecule has 0 spiro atoms. The zero-order valence-corrected chi connectivity index (χ0v) is 20.7. The second-order valence-electron chi connectivity index (χ2n) is 9.40. The molecule has 1 heterocycles. The minimum atomic E-state index is -0.263. The minimum absolute atomic E-state index is 0.0434. The van der Waals surface area contributed by atoms with Gasteiger partial charge in [-0.05, 0) is 57.0 Å². The molecule has 8 nitrogen and oxygen atoms in total. The van der Waals surface area contributed by atoms with E-state index in [1.807, 2.05) is 59.1 Å². The highest BCUT2D eigenvalue weighted by Crippen LogP contribution is 2.36. The highest BCUT2D eigenvalue weighted by atomic mass is 16.5. The molecule has 0 bridgehead atoms. The molecule has 0 radical (unpaired) electrons. The number of benzene rings is 2. The lowest BCUT2D eigenvalue weighted by molar-refractivity contribution is -0.881. The highest BCUT2D eigenvalue weighted by molar-refractivity contribution is 5.84. The third kappa shape index (κ3) is 5.26. The highest BCUT2D eigenvalue weighted by Gasteiger charge is 2.26. The molecule has 0 saturated carbocycles. The minimum Gasteiger partial charge on any atom is -0.490 e. The number of hydrogen-bond acceptors (Lipinski definition) is 7. The van der Waals surface area contributed by atoms with Crippen molar-refractivity contribution in [2.75, 3.05) is 27.2 Å². The molecule has 0 fully saturated rings. The van der Waals surface area contributed by atoms with Crippen LogP contribution in [0.15, 0.2) is 47.0 Å². The van der Waals surface area contributed by atoms with E-state index in [9.17, 15) is 10.1 Å². The van der Waals surface area contributed by atoms with E-state index in [2.05, 4.69) is 16.2 Å². The van der Waals surface area contributed by atoms with Gasteiger partial charge in [-0.2, -0.15) is 10.2 Å². The molecule has 4 rings (SSSR count). The van der Waals surface area contributed by atoms with Crippen LogP contribution in [-0.4, -0.2) is 53.9 Å². The zero-order chi connectivity index (χ0) is 25.2.